The van der Waals surface area contributed by atoms with E-state index in [1.807, 2.05) is 0 Å². The van der Waals surface area contributed by atoms with Gasteiger partial charge in [-0.15, -0.1) is 11.3 Å². The fourth-order valence-corrected chi connectivity index (χ4v) is 3.51. The SMILES string of the molecule is Cc1noc(C)c1COc1ccccc1C(=O)OC(C)C(=O)Nc1sccc1C(N)=O. The van der Waals surface area contributed by atoms with Crippen molar-refractivity contribution in [3.05, 3.63) is 63.9 Å². The van der Waals surface area contributed by atoms with E-state index in [4.69, 9.17) is 19.7 Å². The molecule has 9 nitrogen and oxygen atoms in total. The number of benzene rings is 1. The molecule has 2 amide bonds. The highest BCUT2D eigenvalue weighted by Gasteiger charge is 2.23. The van der Waals surface area contributed by atoms with Crippen molar-refractivity contribution in [2.75, 3.05) is 5.32 Å². The zero-order chi connectivity index (χ0) is 22.5. The van der Waals surface area contributed by atoms with Gasteiger partial charge in [0, 0.05) is 0 Å². The number of aryl methyl sites for hydroxylation is 2. The van der Waals surface area contributed by atoms with Gasteiger partial charge in [0.2, 0.25) is 0 Å². The zero-order valence-corrected chi connectivity index (χ0v) is 17.9. The standard InChI is InChI=1S/C21H21N3O6S/c1-11-16(12(2)30-24-11)10-28-17-7-5-4-6-14(17)21(27)29-13(3)19(26)23-20-15(18(22)25)8-9-31-20/h4-9,13H,10H2,1-3H3,(H2,22,25)(H,23,26). The van der Waals surface area contributed by atoms with Gasteiger partial charge in [-0.2, -0.15) is 0 Å². The van der Waals surface area contributed by atoms with Crippen LogP contribution >= 0.6 is 11.3 Å². The molecule has 10 heteroatoms. The van der Waals surface area contributed by atoms with Crippen molar-refractivity contribution in [1.29, 1.82) is 0 Å². The Hall–Kier alpha value is -3.66. The summed E-state index contributed by atoms with van der Waals surface area (Å²) in [6, 6.07) is 8.06. The molecule has 1 aromatic carbocycles. The Bertz CT molecular complexity index is 1100. The molecular formula is C21H21N3O6S. The van der Waals surface area contributed by atoms with E-state index in [1.54, 1.807) is 43.5 Å². The maximum absolute atomic E-state index is 12.7. The van der Waals surface area contributed by atoms with Crippen molar-refractivity contribution in [2.45, 2.75) is 33.5 Å². The van der Waals surface area contributed by atoms with Crippen LogP contribution in [0.2, 0.25) is 0 Å². The van der Waals surface area contributed by atoms with E-state index in [2.05, 4.69) is 10.5 Å². The van der Waals surface area contributed by atoms with E-state index in [1.165, 1.54) is 13.0 Å². The fourth-order valence-electron chi connectivity index (χ4n) is 2.71. The summed E-state index contributed by atoms with van der Waals surface area (Å²) < 4.78 is 16.2. The minimum Gasteiger partial charge on any atom is -0.488 e. The van der Waals surface area contributed by atoms with Crippen LogP contribution in [0.1, 0.15) is 44.7 Å². The number of thiophene rings is 1. The molecule has 3 rings (SSSR count). The lowest BCUT2D eigenvalue weighted by molar-refractivity contribution is -0.123. The first-order valence-electron chi connectivity index (χ1n) is 9.30. The lowest BCUT2D eigenvalue weighted by Crippen LogP contribution is -2.30. The second-order valence-electron chi connectivity index (χ2n) is 6.65. The molecular weight excluding hydrogens is 422 g/mol. The highest BCUT2D eigenvalue weighted by atomic mass is 32.1. The Labute approximate surface area is 182 Å². The molecule has 1 atom stereocenters. The lowest BCUT2D eigenvalue weighted by Gasteiger charge is -2.15. The number of nitrogens with two attached hydrogens (primary N) is 1. The molecule has 3 aromatic rings. The van der Waals surface area contributed by atoms with Crippen LogP contribution in [-0.2, 0) is 16.1 Å². The van der Waals surface area contributed by atoms with E-state index >= 15 is 0 Å². The molecule has 0 bridgehead atoms. The Balaban J connectivity index is 1.66. The second kappa shape index (κ2) is 9.43. The van der Waals surface area contributed by atoms with Gasteiger partial charge < -0.3 is 25.0 Å². The van der Waals surface area contributed by atoms with Gasteiger partial charge in [-0.1, -0.05) is 17.3 Å². The van der Waals surface area contributed by atoms with Gasteiger partial charge in [0.25, 0.3) is 11.8 Å². The second-order valence-corrected chi connectivity index (χ2v) is 7.57. The van der Waals surface area contributed by atoms with Crippen LogP contribution in [0.3, 0.4) is 0 Å². The summed E-state index contributed by atoms with van der Waals surface area (Å²) in [6.45, 7) is 5.16. The molecule has 0 spiro atoms. The monoisotopic (exact) mass is 443 g/mol. The number of ether oxygens (including phenoxy) is 2. The number of hydrogen-bond acceptors (Lipinski definition) is 8. The van der Waals surface area contributed by atoms with Gasteiger partial charge in [0.05, 0.1) is 16.8 Å². The molecule has 162 valence electrons. The molecule has 0 aliphatic rings. The summed E-state index contributed by atoms with van der Waals surface area (Å²) >= 11 is 1.14. The molecule has 0 saturated heterocycles. The summed E-state index contributed by atoms with van der Waals surface area (Å²) in [5, 5.41) is 8.34. The molecule has 0 fully saturated rings. The van der Waals surface area contributed by atoms with Gasteiger partial charge in [-0.05, 0) is 44.4 Å². The minimum atomic E-state index is -1.12. The largest absolute Gasteiger partial charge is 0.488 e. The van der Waals surface area contributed by atoms with Crippen LogP contribution in [0, 0.1) is 13.8 Å². The van der Waals surface area contributed by atoms with Crippen molar-refractivity contribution in [2.24, 2.45) is 5.73 Å². The molecule has 3 N–H and O–H groups in total. The highest BCUT2D eigenvalue weighted by Crippen LogP contribution is 2.24. The molecule has 1 unspecified atom stereocenters. The first-order chi connectivity index (χ1) is 14.8. The number of amides is 2. The maximum atomic E-state index is 12.7. The van der Waals surface area contributed by atoms with Gasteiger partial charge >= 0.3 is 5.97 Å². The van der Waals surface area contributed by atoms with Crippen molar-refractivity contribution in [3.8, 4) is 5.75 Å². The minimum absolute atomic E-state index is 0.162. The first-order valence-corrected chi connectivity index (χ1v) is 10.2. The third kappa shape index (κ3) is 5.10. The molecule has 2 aromatic heterocycles. The maximum Gasteiger partial charge on any atom is 0.342 e. The van der Waals surface area contributed by atoms with Crippen LogP contribution in [-0.4, -0.2) is 29.0 Å². The Kier molecular flexibility index (Phi) is 6.71. The molecule has 2 heterocycles. The number of carbonyl (C=O) groups is 3. The number of aromatic nitrogens is 1. The molecule has 0 radical (unpaired) electrons. The van der Waals surface area contributed by atoms with Gasteiger partial charge in [0.1, 0.15) is 28.7 Å². The summed E-state index contributed by atoms with van der Waals surface area (Å²) in [4.78, 5) is 36.5. The fraction of sp³-hybridized carbons (Fsp3) is 0.238. The Morgan fingerprint density at radius 2 is 1.94 bits per heavy atom. The van der Waals surface area contributed by atoms with Gasteiger partial charge in [0.15, 0.2) is 6.10 Å². The van der Waals surface area contributed by atoms with E-state index in [0.29, 0.717) is 22.2 Å². The average molecular weight is 443 g/mol. The van der Waals surface area contributed by atoms with Crippen molar-refractivity contribution in [3.63, 3.8) is 0 Å². The van der Waals surface area contributed by atoms with Crippen molar-refractivity contribution < 1.29 is 28.4 Å². The number of primary amides is 1. The van der Waals surface area contributed by atoms with E-state index in [0.717, 1.165) is 16.9 Å². The smallest absolute Gasteiger partial charge is 0.342 e. The van der Waals surface area contributed by atoms with E-state index < -0.39 is 23.9 Å². The third-order valence-corrected chi connectivity index (χ3v) is 5.31. The zero-order valence-electron chi connectivity index (χ0n) is 17.1. The Morgan fingerprint density at radius 3 is 2.61 bits per heavy atom. The van der Waals surface area contributed by atoms with Crippen LogP contribution in [0.4, 0.5) is 5.00 Å². The van der Waals surface area contributed by atoms with Gasteiger partial charge in [-0.25, -0.2) is 4.79 Å². The average Bonchev–Trinajstić information content (AvgIpc) is 3.33. The van der Waals surface area contributed by atoms with Crippen LogP contribution in [0.25, 0.3) is 0 Å². The highest BCUT2D eigenvalue weighted by molar-refractivity contribution is 7.14. The number of nitrogens with one attached hydrogen (secondary N) is 1. The summed E-state index contributed by atoms with van der Waals surface area (Å²) in [5.74, 6) is -1.04. The first kappa shape index (κ1) is 22.0. The lowest BCUT2D eigenvalue weighted by atomic mass is 10.2. The Morgan fingerprint density at radius 1 is 1.19 bits per heavy atom. The molecule has 0 aliphatic heterocycles. The predicted molar refractivity (Wildman–Crippen MR) is 113 cm³/mol. The number of rotatable bonds is 8. The van der Waals surface area contributed by atoms with Gasteiger partial charge in [-0.3, -0.25) is 9.59 Å². The van der Waals surface area contributed by atoms with Crippen molar-refractivity contribution >= 4 is 34.1 Å². The van der Waals surface area contributed by atoms with Crippen molar-refractivity contribution in [1.82, 2.24) is 5.16 Å². The number of hydrogen-bond donors (Lipinski definition) is 2. The summed E-state index contributed by atoms with van der Waals surface area (Å²) in [6.07, 6.45) is -1.12. The molecule has 31 heavy (non-hydrogen) atoms. The predicted octanol–water partition coefficient (Wildman–Crippen LogP) is 3.21. The number of carbonyl (C=O) groups excluding carboxylic acids is 3. The summed E-state index contributed by atoms with van der Waals surface area (Å²) in [5.41, 5.74) is 7.12. The van der Waals surface area contributed by atoms with Crippen LogP contribution in [0.5, 0.6) is 5.75 Å². The number of esters is 1. The number of nitrogens with zero attached hydrogens (tertiary/aromatic N) is 1. The topological polar surface area (TPSA) is 134 Å². The van der Waals surface area contributed by atoms with E-state index in [9.17, 15) is 14.4 Å². The number of anilines is 1. The van der Waals surface area contributed by atoms with E-state index in [-0.39, 0.29) is 17.7 Å². The molecule has 0 aliphatic carbocycles. The third-order valence-electron chi connectivity index (χ3n) is 4.48. The van der Waals surface area contributed by atoms with Crippen LogP contribution in [0.15, 0.2) is 40.2 Å². The quantitative estimate of drug-likeness (QED) is 0.511. The summed E-state index contributed by atoms with van der Waals surface area (Å²) in [7, 11) is 0. The normalized spacial score (nSPS) is 11.6. The van der Waals surface area contributed by atoms with Crippen LogP contribution < -0.4 is 15.8 Å². The molecule has 0 saturated carbocycles. The number of para-hydroxylation sites is 1.